The zero-order chi connectivity index (χ0) is 16.4. The van der Waals surface area contributed by atoms with Crippen molar-refractivity contribution in [3.63, 3.8) is 0 Å². The average Bonchev–Trinajstić information content (AvgIpc) is 3.34. The number of aliphatic hydroxyl groups excluding tert-OH is 1. The van der Waals surface area contributed by atoms with Gasteiger partial charge in [-0.2, -0.15) is 0 Å². The van der Waals surface area contributed by atoms with E-state index in [0.717, 1.165) is 0 Å². The van der Waals surface area contributed by atoms with Gasteiger partial charge in [-0.25, -0.2) is 0 Å². The number of hydrogen-bond acceptors (Lipinski definition) is 1. The van der Waals surface area contributed by atoms with Crippen molar-refractivity contribution in [2.75, 3.05) is 6.61 Å². The lowest BCUT2D eigenvalue weighted by molar-refractivity contribution is 0.278. The summed E-state index contributed by atoms with van der Waals surface area (Å²) in [4.78, 5) is 0. The zero-order valence-corrected chi connectivity index (χ0v) is 13.5. The van der Waals surface area contributed by atoms with Gasteiger partial charge in [-0.3, -0.25) is 0 Å². The van der Waals surface area contributed by atoms with Gasteiger partial charge in [-0.05, 0) is 34.3 Å². The maximum absolute atomic E-state index is 9.81. The molecule has 24 heavy (non-hydrogen) atoms. The Bertz CT molecular complexity index is 799. The second kappa shape index (κ2) is 6.10. The third-order valence-corrected chi connectivity index (χ3v) is 4.92. The molecule has 1 nitrogen and oxygen atoms in total. The smallest absolute Gasteiger partial charge is 0.0491 e. The maximum atomic E-state index is 9.81. The highest BCUT2D eigenvalue weighted by atomic mass is 16.3. The molecule has 0 amide bonds. The van der Waals surface area contributed by atoms with Crippen LogP contribution in [-0.2, 0) is 5.41 Å². The summed E-state index contributed by atoms with van der Waals surface area (Å²) in [6.07, 6.45) is 0.714. The highest BCUT2D eigenvalue weighted by Crippen LogP contribution is 2.66. The van der Waals surface area contributed by atoms with Crippen LogP contribution in [0.5, 0.6) is 0 Å². The third-order valence-electron chi connectivity index (χ3n) is 4.92. The second-order valence-corrected chi connectivity index (χ2v) is 6.23. The number of allylic oxidation sites excluding steroid dienone is 2. The predicted octanol–water partition coefficient (Wildman–Crippen LogP) is 4.93. The van der Waals surface area contributed by atoms with Crippen LogP contribution < -0.4 is 0 Å². The summed E-state index contributed by atoms with van der Waals surface area (Å²) < 4.78 is 0. The van der Waals surface area contributed by atoms with E-state index in [9.17, 15) is 5.11 Å². The van der Waals surface area contributed by atoms with Crippen molar-refractivity contribution < 1.29 is 5.11 Å². The summed E-state index contributed by atoms with van der Waals surface area (Å²) in [5, 5.41) is 9.81. The summed E-state index contributed by atoms with van der Waals surface area (Å²) in [5.74, 6) is 0. The molecule has 0 radical (unpaired) electrons. The normalized spacial score (nSPS) is 15.4. The largest absolute Gasteiger partial charge is 0.396 e. The molecule has 1 N–H and O–H groups in total. The van der Waals surface area contributed by atoms with Gasteiger partial charge in [0.2, 0.25) is 0 Å². The molecule has 1 aliphatic rings. The SMILES string of the molecule is OCCC1(c2ccccc2)C(c2ccccc2)=C1c1ccccc1. The zero-order valence-electron chi connectivity index (χ0n) is 13.5. The standard InChI is InChI=1S/C23H20O/c24-17-16-23(20-14-8-3-9-15-20)21(18-10-4-1-5-11-18)22(23)19-12-6-2-7-13-19/h1-15,24H,16-17H2. The van der Waals surface area contributed by atoms with E-state index in [2.05, 4.69) is 72.8 Å². The van der Waals surface area contributed by atoms with Gasteiger partial charge >= 0.3 is 0 Å². The first kappa shape index (κ1) is 14.9. The Kier molecular flexibility index (Phi) is 3.79. The first-order valence-electron chi connectivity index (χ1n) is 8.40. The first-order valence-corrected chi connectivity index (χ1v) is 8.40. The van der Waals surface area contributed by atoms with E-state index in [-0.39, 0.29) is 12.0 Å². The summed E-state index contributed by atoms with van der Waals surface area (Å²) in [7, 11) is 0. The summed E-state index contributed by atoms with van der Waals surface area (Å²) in [5.41, 5.74) is 6.25. The molecule has 0 atom stereocenters. The fourth-order valence-corrected chi connectivity index (χ4v) is 3.88. The molecule has 1 heteroatoms. The first-order chi connectivity index (χ1) is 11.9. The Balaban J connectivity index is 1.91. The molecule has 0 unspecified atom stereocenters. The molecule has 0 heterocycles. The Morgan fingerprint density at radius 1 is 0.583 bits per heavy atom. The topological polar surface area (TPSA) is 20.2 Å². The summed E-state index contributed by atoms with van der Waals surface area (Å²) in [6.45, 7) is 0.168. The van der Waals surface area contributed by atoms with Gasteiger partial charge in [0.25, 0.3) is 0 Å². The molecule has 0 aliphatic heterocycles. The molecule has 4 rings (SSSR count). The molecule has 0 spiro atoms. The molecule has 0 aromatic heterocycles. The van der Waals surface area contributed by atoms with Crippen molar-refractivity contribution in [2.45, 2.75) is 11.8 Å². The summed E-state index contributed by atoms with van der Waals surface area (Å²) in [6, 6.07) is 31.6. The minimum absolute atomic E-state index is 0.168. The van der Waals surface area contributed by atoms with Crippen LogP contribution in [0.15, 0.2) is 91.0 Å². The second-order valence-electron chi connectivity index (χ2n) is 6.23. The quantitative estimate of drug-likeness (QED) is 0.708. The van der Waals surface area contributed by atoms with Crippen molar-refractivity contribution in [1.82, 2.24) is 0 Å². The van der Waals surface area contributed by atoms with Crippen molar-refractivity contribution >= 4 is 11.1 Å². The van der Waals surface area contributed by atoms with Crippen LogP contribution in [0.4, 0.5) is 0 Å². The lowest BCUT2D eigenvalue weighted by Crippen LogP contribution is -2.15. The summed E-state index contributed by atoms with van der Waals surface area (Å²) >= 11 is 0. The van der Waals surface area contributed by atoms with Gasteiger partial charge in [0, 0.05) is 12.0 Å². The van der Waals surface area contributed by atoms with E-state index in [1.807, 2.05) is 18.2 Å². The Morgan fingerprint density at radius 2 is 1.00 bits per heavy atom. The maximum Gasteiger partial charge on any atom is 0.0491 e. The Morgan fingerprint density at radius 3 is 1.42 bits per heavy atom. The minimum Gasteiger partial charge on any atom is -0.396 e. The van der Waals surface area contributed by atoms with E-state index in [1.54, 1.807) is 0 Å². The van der Waals surface area contributed by atoms with Crippen molar-refractivity contribution in [3.05, 3.63) is 108 Å². The molecule has 0 bridgehead atoms. The molecule has 0 saturated heterocycles. The average molecular weight is 312 g/mol. The Hall–Kier alpha value is -2.64. The molecule has 0 saturated carbocycles. The minimum atomic E-state index is -0.182. The van der Waals surface area contributed by atoms with Gasteiger partial charge in [0.15, 0.2) is 0 Å². The molecular formula is C23H20O. The van der Waals surface area contributed by atoms with E-state index in [1.165, 1.54) is 27.8 Å². The van der Waals surface area contributed by atoms with E-state index < -0.39 is 0 Å². The fraction of sp³-hybridized carbons (Fsp3) is 0.130. The van der Waals surface area contributed by atoms with Gasteiger partial charge in [-0.1, -0.05) is 91.0 Å². The van der Waals surface area contributed by atoms with Gasteiger partial charge < -0.3 is 5.11 Å². The monoisotopic (exact) mass is 312 g/mol. The number of aliphatic hydroxyl groups is 1. The van der Waals surface area contributed by atoms with Crippen LogP contribution in [0.2, 0.25) is 0 Å². The van der Waals surface area contributed by atoms with Crippen molar-refractivity contribution in [2.24, 2.45) is 0 Å². The molecular weight excluding hydrogens is 292 g/mol. The Labute approximate surface area is 142 Å². The van der Waals surface area contributed by atoms with Gasteiger partial charge in [0.1, 0.15) is 0 Å². The molecule has 118 valence electrons. The fourth-order valence-electron chi connectivity index (χ4n) is 3.88. The van der Waals surface area contributed by atoms with Crippen LogP contribution in [0, 0.1) is 0 Å². The van der Waals surface area contributed by atoms with Gasteiger partial charge in [-0.15, -0.1) is 0 Å². The van der Waals surface area contributed by atoms with E-state index in [4.69, 9.17) is 0 Å². The van der Waals surface area contributed by atoms with Crippen molar-refractivity contribution in [1.29, 1.82) is 0 Å². The van der Waals surface area contributed by atoms with Crippen LogP contribution in [0.25, 0.3) is 11.1 Å². The lowest BCUT2D eigenvalue weighted by atomic mass is 9.82. The number of hydrogen-bond donors (Lipinski definition) is 1. The highest BCUT2D eigenvalue weighted by molar-refractivity contribution is 6.19. The number of rotatable bonds is 5. The molecule has 1 aliphatic carbocycles. The van der Waals surface area contributed by atoms with Crippen LogP contribution in [0.1, 0.15) is 23.1 Å². The number of benzene rings is 3. The molecule has 3 aromatic rings. The van der Waals surface area contributed by atoms with Crippen molar-refractivity contribution in [3.8, 4) is 0 Å². The highest BCUT2D eigenvalue weighted by Gasteiger charge is 2.54. The van der Waals surface area contributed by atoms with Gasteiger partial charge in [0.05, 0.1) is 0 Å². The molecule has 3 aromatic carbocycles. The van der Waals surface area contributed by atoms with Crippen LogP contribution >= 0.6 is 0 Å². The van der Waals surface area contributed by atoms with Crippen LogP contribution in [0.3, 0.4) is 0 Å². The van der Waals surface area contributed by atoms with Crippen LogP contribution in [-0.4, -0.2) is 11.7 Å². The lowest BCUT2D eigenvalue weighted by Gasteiger charge is -2.21. The third kappa shape index (κ3) is 2.29. The van der Waals surface area contributed by atoms with E-state index >= 15 is 0 Å². The van der Waals surface area contributed by atoms with E-state index in [0.29, 0.717) is 6.42 Å². The predicted molar refractivity (Wildman–Crippen MR) is 99.5 cm³/mol. The molecule has 0 fully saturated rings.